The molecule has 0 spiro atoms. The number of hydrogen-bond donors (Lipinski definition) is 4. The van der Waals surface area contributed by atoms with Crippen molar-refractivity contribution >= 4 is 35.3 Å². The second kappa shape index (κ2) is 18.0. The molecule has 0 saturated carbocycles. The predicted octanol–water partition coefficient (Wildman–Crippen LogP) is 5.23. The number of rotatable bonds is 12. The van der Waals surface area contributed by atoms with Crippen molar-refractivity contribution in [1.82, 2.24) is 26.2 Å². The number of carbonyl (C=O) groups is 5. The Morgan fingerprint density at radius 3 is 2.18 bits per heavy atom. The van der Waals surface area contributed by atoms with Gasteiger partial charge in [-0.1, -0.05) is 93.6 Å². The molecule has 2 heterocycles. The third kappa shape index (κ3) is 10.5. The van der Waals surface area contributed by atoms with Gasteiger partial charge < -0.3 is 31.1 Å². The van der Waals surface area contributed by atoms with Crippen LogP contribution >= 0.6 is 0 Å². The SMILES string of the molecule is CC(C)(C)CNC(=O)C[C@H](NC(=O)N1CCC(C(=O)N2CCc3ccccc32)CC1)C(=O)N[C@@H](CCc1ccccc1)C(=O)N[C@@H]1CCCc2ccccc21. The van der Waals surface area contributed by atoms with Crippen molar-refractivity contribution < 1.29 is 24.0 Å². The Kier molecular flexibility index (Phi) is 12.9. The molecule has 4 N–H and O–H groups in total. The van der Waals surface area contributed by atoms with E-state index in [0.717, 1.165) is 42.5 Å². The van der Waals surface area contributed by atoms with Gasteiger partial charge in [-0.15, -0.1) is 0 Å². The lowest BCUT2D eigenvalue weighted by Crippen LogP contribution is -2.57. The molecule has 1 saturated heterocycles. The van der Waals surface area contributed by atoms with Gasteiger partial charge in [0.2, 0.25) is 23.6 Å². The first-order valence-electron chi connectivity index (χ1n) is 19.9. The highest BCUT2D eigenvalue weighted by molar-refractivity contribution is 5.97. The lowest BCUT2D eigenvalue weighted by Gasteiger charge is -2.34. The molecular weight excluding hydrogens is 693 g/mol. The highest BCUT2D eigenvalue weighted by Gasteiger charge is 2.36. The minimum absolute atomic E-state index is 0.0781. The molecule has 0 radical (unpaired) electrons. The zero-order valence-electron chi connectivity index (χ0n) is 32.4. The van der Waals surface area contributed by atoms with Crippen molar-refractivity contribution in [2.24, 2.45) is 11.3 Å². The largest absolute Gasteiger partial charge is 0.355 e. The molecule has 3 aliphatic rings. The van der Waals surface area contributed by atoms with E-state index in [2.05, 4.69) is 33.4 Å². The molecule has 6 amide bonds. The summed E-state index contributed by atoms with van der Waals surface area (Å²) in [6, 6.07) is 23.1. The normalized spacial score (nSPS) is 18.0. The van der Waals surface area contributed by atoms with Crippen LogP contribution in [0.15, 0.2) is 78.9 Å². The summed E-state index contributed by atoms with van der Waals surface area (Å²) in [5.74, 6) is -1.42. The predicted molar refractivity (Wildman–Crippen MR) is 213 cm³/mol. The van der Waals surface area contributed by atoms with Gasteiger partial charge in [0, 0.05) is 37.8 Å². The van der Waals surface area contributed by atoms with Crippen LogP contribution in [0.25, 0.3) is 0 Å². The number of hydrogen-bond acceptors (Lipinski definition) is 5. The molecule has 6 rings (SSSR count). The third-order valence-electron chi connectivity index (χ3n) is 11.0. The summed E-state index contributed by atoms with van der Waals surface area (Å²) in [6.45, 7) is 7.72. The molecule has 0 bridgehead atoms. The Morgan fingerprint density at radius 1 is 0.745 bits per heavy atom. The van der Waals surface area contributed by atoms with E-state index in [-0.39, 0.29) is 41.5 Å². The summed E-state index contributed by atoms with van der Waals surface area (Å²) in [4.78, 5) is 72.1. The Balaban J connectivity index is 1.13. The monoisotopic (exact) mass is 748 g/mol. The van der Waals surface area contributed by atoms with Crippen LogP contribution in [0.5, 0.6) is 0 Å². The first-order valence-corrected chi connectivity index (χ1v) is 19.9. The first kappa shape index (κ1) is 39.5. The van der Waals surface area contributed by atoms with Gasteiger partial charge in [-0.25, -0.2) is 4.79 Å². The van der Waals surface area contributed by atoms with Crippen molar-refractivity contribution in [3.63, 3.8) is 0 Å². The highest BCUT2D eigenvalue weighted by atomic mass is 16.2. The zero-order valence-corrected chi connectivity index (χ0v) is 32.4. The van der Waals surface area contributed by atoms with Crippen molar-refractivity contribution in [2.75, 3.05) is 31.1 Å². The van der Waals surface area contributed by atoms with E-state index in [1.54, 1.807) is 4.90 Å². The fraction of sp³-hybridized carbons (Fsp3) is 0.477. The molecule has 2 aliphatic heterocycles. The summed E-state index contributed by atoms with van der Waals surface area (Å²) in [7, 11) is 0. The zero-order chi connectivity index (χ0) is 39.0. The number of anilines is 1. The van der Waals surface area contributed by atoms with Gasteiger partial charge in [-0.05, 0) is 85.1 Å². The number of aryl methyl sites for hydroxylation is 2. The minimum Gasteiger partial charge on any atom is -0.355 e. The number of carbonyl (C=O) groups excluding carboxylic acids is 5. The van der Waals surface area contributed by atoms with E-state index in [9.17, 15) is 24.0 Å². The van der Waals surface area contributed by atoms with Crippen LogP contribution in [0, 0.1) is 11.3 Å². The molecule has 11 heteroatoms. The van der Waals surface area contributed by atoms with Crippen LogP contribution in [-0.4, -0.2) is 72.8 Å². The number of fused-ring (bicyclic) bond motifs is 2. The molecule has 1 aliphatic carbocycles. The number of nitrogens with one attached hydrogen (secondary N) is 4. The molecule has 55 heavy (non-hydrogen) atoms. The Morgan fingerprint density at radius 2 is 1.44 bits per heavy atom. The molecule has 3 aromatic carbocycles. The van der Waals surface area contributed by atoms with E-state index in [1.807, 2.05) is 92.4 Å². The molecule has 3 atom stereocenters. The maximum atomic E-state index is 14.1. The Hall–Kier alpha value is -5.19. The van der Waals surface area contributed by atoms with Gasteiger partial charge >= 0.3 is 6.03 Å². The summed E-state index contributed by atoms with van der Waals surface area (Å²) >= 11 is 0. The van der Waals surface area contributed by atoms with E-state index in [4.69, 9.17) is 0 Å². The van der Waals surface area contributed by atoms with E-state index >= 15 is 0 Å². The number of amides is 6. The fourth-order valence-electron chi connectivity index (χ4n) is 7.86. The van der Waals surface area contributed by atoms with Crippen LogP contribution < -0.4 is 26.2 Å². The smallest absolute Gasteiger partial charge is 0.318 e. The Bertz CT molecular complexity index is 1830. The minimum atomic E-state index is -1.23. The lowest BCUT2D eigenvalue weighted by atomic mass is 9.87. The molecule has 292 valence electrons. The van der Waals surface area contributed by atoms with Gasteiger partial charge in [0.1, 0.15) is 12.1 Å². The third-order valence-corrected chi connectivity index (χ3v) is 11.0. The van der Waals surface area contributed by atoms with Gasteiger partial charge in [0.05, 0.1) is 12.5 Å². The van der Waals surface area contributed by atoms with E-state index in [1.165, 1.54) is 11.1 Å². The topological polar surface area (TPSA) is 140 Å². The van der Waals surface area contributed by atoms with Crippen LogP contribution in [0.3, 0.4) is 0 Å². The molecule has 1 fully saturated rings. The molecule has 11 nitrogen and oxygen atoms in total. The van der Waals surface area contributed by atoms with E-state index in [0.29, 0.717) is 51.9 Å². The van der Waals surface area contributed by atoms with Crippen molar-refractivity contribution in [3.05, 3.63) is 101 Å². The molecule has 3 aromatic rings. The summed E-state index contributed by atoms with van der Waals surface area (Å²) in [5, 5.41) is 11.9. The second-order valence-corrected chi connectivity index (χ2v) is 16.4. The second-order valence-electron chi connectivity index (χ2n) is 16.4. The lowest BCUT2D eigenvalue weighted by molar-refractivity contribution is -0.132. The summed E-state index contributed by atoms with van der Waals surface area (Å²) in [5.41, 5.74) is 5.27. The van der Waals surface area contributed by atoms with E-state index < -0.39 is 24.0 Å². The first-order chi connectivity index (χ1) is 26.4. The number of piperidine rings is 1. The molecular formula is C44H56N6O5. The molecule has 0 aromatic heterocycles. The van der Waals surface area contributed by atoms with Gasteiger partial charge in [-0.3, -0.25) is 19.2 Å². The van der Waals surface area contributed by atoms with Crippen molar-refractivity contribution in [3.8, 4) is 0 Å². The number of para-hydroxylation sites is 1. The average molecular weight is 749 g/mol. The molecule has 0 unspecified atom stereocenters. The van der Waals surface area contributed by atoms with Crippen LogP contribution in [0.1, 0.15) is 87.6 Å². The van der Waals surface area contributed by atoms with Crippen LogP contribution in [0.4, 0.5) is 10.5 Å². The fourth-order valence-corrected chi connectivity index (χ4v) is 7.86. The number of urea groups is 1. The van der Waals surface area contributed by atoms with Crippen molar-refractivity contribution in [1.29, 1.82) is 0 Å². The maximum absolute atomic E-state index is 14.1. The Labute approximate surface area is 325 Å². The average Bonchev–Trinajstić information content (AvgIpc) is 3.62. The van der Waals surface area contributed by atoms with Crippen molar-refractivity contribution in [2.45, 2.75) is 96.7 Å². The number of nitrogens with zero attached hydrogens (tertiary/aromatic N) is 2. The number of likely N-dealkylation sites (tertiary alicyclic amines) is 1. The van der Waals surface area contributed by atoms with Gasteiger partial charge in [0.25, 0.3) is 0 Å². The van der Waals surface area contributed by atoms with Gasteiger partial charge in [0.15, 0.2) is 0 Å². The van der Waals surface area contributed by atoms with Crippen LogP contribution in [-0.2, 0) is 38.4 Å². The maximum Gasteiger partial charge on any atom is 0.318 e. The van der Waals surface area contributed by atoms with Crippen LogP contribution in [0.2, 0.25) is 0 Å². The summed E-state index contributed by atoms with van der Waals surface area (Å²) < 4.78 is 0. The number of benzene rings is 3. The summed E-state index contributed by atoms with van der Waals surface area (Å²) in [6.07, 6.45) is 5.10. The quantitative estimate of drug-likeness (QED) is 0.201. The standard InChI is InChI=1S/C44H56N6O5/c1-44(2,3)29-45-39(51)28-37(48-43(55)49-25-22-33(23-26-49)42(54)50-27-24-32-15-8-10-19-38(32)50)41(53)47-36(21-20-30-12-5-4-6-13-30)40(52)46-35-18-11-16-31-14-7-9-17-34(31)35/h4-10,12-15,17,19,33,35-37H,11,16,18,20-29H2,1-3H3,(H,45,51)(H,46,52)(H,47,53)(H,48,55)/t35-,36+,37+/m1/s1. The van der Waals surface area contributed by atoms with Gasteiger partial charge in [-0.2, -0.15) is 0 Å². The highest BCUT2D eigenvalue weighted by Crippen LogP contribution is 2.32.